The average Bonchev–Trinajstić information content (AvgIpc) is 3.20. The summed E-state index contributed by atoms with van der Waals surface area (Å²) in [4.78, 5) is 3.18. The van der Waals surface area contributed by atoms with Crippen molar-refractivity contribution >= 4 is 32.3 Å². The van der Waals surface area contributed by atoms with Gasteiger partial charge in [0.1, 0.15) is 11.5 Å². The number of thiophene rings is 1. The van der Waals surface area contributed by atoms with Gasteiger partial charge in [-0.3, -0.25) is 0 Å². The van der Waals surface area contributed by atoms with Crippen molar-refractivity contribution in [3.63, 3.8) is 0 Å². The highest BCUT2D eigenvalue weighted by atomic mass is 32.1. The highest BCUT2D eigenvalue weighted by Crippen LogP contribution is 2.41. The molecule has 23 heavy (non-hydrogen) atoms. The van der Waals surface area contributed by atoms with E-state index in [1.807, 2.05) is 48.0 Å². The van der Waals surface area contributed by atoms with Crippen LogP contribution >= 0.6 is 11.3 Å². The normalized spacial score (nSPS) is 11.0. The lowest BCUT2D eigenvalue weighted by Crippen LogP contribution is -1.90. The SMILES string of the molecule is COc1cc2scc(Oc3ccc4[nH]ccc4c3)c2cc1OC. The zero-order valence-corrected chi connectivity index (χ0v) is 13.6. The maximum absolute atomic E-state index is 6.08. The minimum atomic E-state index is 0.698. The zero-order valence-electron chi connectivity index (χ0n) is 12.8. The van der Waals surface area contributed by atoms with E-state index in [0.717, 1.165) is 38.2 Å². The van der Waals surface area contributed by atoms with E-state index in [1.54, 1.807) is 25.6 Å². The summed E-state index contributed by atoms with van der Waals surface area (Å²) in [6, 6.07) is 12.0. The Kier molecular flexibility index (Phi) is 3.35. The van der Waals surface area contributed by atoms with Crippen molar-refractivity contribution in [2.24, 2.45) is 0 Å². The number of nitrogens with one attached hydrogen (secondary N) is 1. The first-order valence-corrected chi connectivity index (χ1v) is 8.04. The zero-order chi connectivity index (χ0) is 15.8. The smallest absolute Gasteiger partial charge is 0.162 e. The molecule has 0 aliphatic carbocycles. The molecule has 2 aromatic heterocycles. The van der Waals surface area contributed by atoms with Crippen LogP contribution in [-0.2, 0) is 0 Å². The predicted molar refractivity (Wildman–Crippen MR) is 93.3 cm³/mol. The van der Waals surface area contributed by atoms with Crippen molar-refractivity contribution < 1.29 is 14.2 Å². The second kappa shape index (κ2) is 5.52. The lowest BCUT2D eigenvalue weighted by Gasteiger charge is -2.09. The number of H-pyrrole nitrogens is 1. The Balaban J connectivity index is 1.76. The second-order valence-corrected chi connectivity index (χ2v) is 6.04. The Labute approximate surface area is 137 Å². The topological polar surface area (TPSA) is 43.5 Å². The summed E-state index contributed by atoms with van der Waals surface area (Å²) in [6.07, 6.45) is 1.92. The molecule has 0 unspecified atom stereocenters. The van der Waals surface area contributed by atoms with E-state index in [-0.39, 0.29) is 0 Å². The Morgan fingerprint density at radius 1 is 0.913 bits per heavy atom. The molecule has 0 amide bonds. The van der Waals surface area contributed by atoms with Crippen molar-refractivity contribution in [3.05, 3.63) is 48.0 Å². The molecule has 2 heterocycles. The second-order valence-electron chi connectivity index (χ2n) is 5.13. The molecule has 0 fully saturated rings. The Morgan fingerprint density at radius 3 is 2.57 bits per heavy atom. The van der Waals surface area contributed by atoms with Gasteiger partial charge >= 0.3 is 0 Å². The lowest BCUT2D eigenvalue weighted by atomic mass is 10.2. The van der Waals surface area contributed by atoms with Crippen LogP contribution < -0.4 is 14.2 Å². The maximum Gasteiger partial charge on any atom is 0.162 e. The number of benzene rings is 2. The van der Waals surface area contributed by atoms with Gasteiger partial charge in [-0.25, -0.2) is 0 Å². The van der Waals surface area contributed by atoms with E-state index in [0.29, 0.717) is 5.75 Å². The molecule has 0 spiro atoms. The van der Waals surface area contributed by atoms with Gasteiger partial charge in [-0.1, -0.05) is 0 Å². The third kappa shape index (κ3) is 2.39. The number of methoxy groups -OCH3 is 2. The molecule has 4 rings (SSSR count). The first-order chi connectivity index (χ1) is 11.3. The standard InChI is InChI=1S/C18H15NO3S/c1-20-15-8-13-17(10-23-18(13)9-16(15)21-2)22-12-3-4-14-11(7-12)5-6-19-14/h3-10,19H,1-2H3. The molecule has 116 valence electrons. The molecule has 4 aromatic rings. The quantitative estimate of drug-likeness (QED) is 0.561. The molecular formula is C18H15NO3S. The Hall–Kier alpha value is -2.66. The third-order valence-corrected chi connectivity index (χ3v) is 4.72. The molecule has 0 aliphatic heterocycles. The number of aromatic nitrogens is 1. The average molecular weight is 325 g/mol. The highest BCUT2D eigenvalue weighted by molar-refractivity contribution is 7.17. The molecule has 0 saturated carbocycles. The molecule has 5 heteroatoms. The van der Waals surface area contributed by atoms with Crippen molar-refractivity contribution in [3.8, 4) is 23.0 Å². The molecule has 0 bridgehead atoms. The van der Waals surface area contributed by atoms with Crippen LogP contribution in [0.1, 0.15) is 0 Å². The van der Waals surface area contributed by atoms with E-state index >= 15 is 0 Å². The molecule has 1 N–H and O–H groups in total. The molecule has 4 nitrogen and oxygen atoms in total. The summed E-state index contributed by atoms with van der Waals surface area (Å²) < 4.78 is 17.9. The molecule has 0 saturated heterocycles. The van der Waals surface area contributed by atoms with Crippen LogP contribution in [-0.4, -0.2) is 19.2 Å². The van der Waals surface area contributed by atoms with Crippen LogP contribution in [0.4, 0.5) is 0 Å². The fourth-order valence-corrected chi connectivity index (χ4v) is 3.50. The largest absolute Gasteiger partial charge is 0.493 e. The Morgan fingerprint density at radius 2 is 1.74 bits per heavy atom. The van der Waals surface area contributed by atoms with Gasteiger partial charge in [0.15, 0.2) is 11.5 Å². The van der Waals surface area contributed by atoms with Gasteiger partial charge in [0.2, 0.25) is 0 Å². The first kappa shape index (κ1) is 14.0. The molecule has 0 aliphatic rings. The molecular weight excluding hydrogens is 310 g/mol. The van der Waals surface area contributed by atoms with Crippen molar-refractivity contribution in [1.82, 2.24) is 4.98 Å². The van der Waals surface area contributed by atoms with Gasteiger partial charge in [0.05, 0.1) is 14.2 Å². The minimum absolute atomic E-state index is 0.698. The summed E-state index contributed by atoms with van der Waals surface area (Å²) in [7, 11) is 3.28. The minimum Gasteiger partial charge on any atom is -0.493 e. The predicted octanol–water partition coefficient (Wildman–Crippen LogP) is 5.19. The van der Waals surface area contributed by atoms with Gasteiger partial charge in [-0.05, 0) is 30.3 Å². The van der Waals surface area contributed by atoms with Crippen molar-refractivity contribution in [2.75, 3.05) is 14.2 Å². The van der Waals surface area contributed by atoms with Gasteiger partial charge in [0.25, 0.3) is 0 Å². The summed E-state index contributed by atoms with van der Waals surface area (Å²) >= 11 is 1.62. The number of hydrogen-bond acceptors (Lipinski definition) is 4. The van der Waals surface area contributed by atoms with Crippen molar-refractivity contribution in [2.45, 2.75) is 0 Å². The first-order valence-electron chi connectivity index (χ1n) is 7.16. The number of fused-ring (bicyclic) bond motifs is 2. The number of ether oxygens (including phenoxy) is 3. The van der Waals surface area contributed by atoms with Crippen LogP contribution in [0.3, 0.4) is 0 Å². The van der Waals surface area contributed by atoms with E-state index in [9.17, 15) is 0 Å². The highest BCUT2D eigenvalue weighted by Gasteiger charge is 2.12. The number of aromatic amines is 1. The van der Waals surface area contributed by atoms with E-state index < -0.39 is 0 Å². The van der Waals surface area contributed by atoms with E-state index in [2.05, 4.69) is 4.98 Å². The van der Waals surface area contributed by atoms with Crippen molar-refractivity contribution in [1.29, 1.82) is 0 Å². The lowest BCUT2D eigenvalue weighted by molar-refractivity contribution is 0.356. The summed E-state index contributed by atoms with van der Waals surface area (Å²) in [5.41, 5.74) is 1.10. The fourth-order valence-electron chi connectivity index (χ4n) is 2.63. The van der Waals surface area contributed by atoms with Gasteiger partial charge in [-0.15, -0.1) is 11.3 Å². The van der Waals surface area contributed by atoms with Crippen LogP contribution in [0, 0.1) is 0 Å². The van der Waals surface area contributed by atoms with Crippen LogP contribution in [0.2, 0.25) is 0 Å². The van der Waals surface area contributed by atoms with Crippen LogP contribution in [0.5, 0.6) is 23.0 Å². The van der Waals surface area contributed by atoms with Crippen LogP contribution in [0.25, 0.3) is 21.0 Å². The maximum atomic E-state index is 6.08. The van der Waals surface area contributed by atoms with E-state index in [1.165, 1.54) is 0 Å². The summed E-state index contributed by atoms with van der Waals surface area (Å²) in [6.45, 7) is 0. The molecule has 2 aromatic carbocycles. The number of hydrogen-bond donors (Lipinski definition) is 1. The molecule has 0 radical (unpaired) electrons. The molecule has 0 atom stereocenters. The fraction of sp³-hybridized carbons (Fsp3) is 0.111. The van der Waals surface area contributed by atoms with Gasteiger partial charge < -0.3 is 19.2 Å². The summed E-state index contributed by atoms with van der Waals surface area (Å²) in [5, 5.41) is 4.15. The summed E-state index contributed by atoms with van der Waals surface area (Å²) in [5.74, 6) is 3.05. The number of rotatable bonds is 4. The Bertz CT molecular complexity index is 986. The van der Waals surface area contributed by atoms with E-state index in [4.69, 9.17) is 14.2 Å². The van der Waals surface area contributed by atoms with Gasteiger partial charge in [0, 0.05) is 38.6 Å². The third-order valence-electron chi connectivity index (χ3n) is 3.80. The monoisotopic (exact) mass is 325 g/mol. The van der Waals surface area contributed by atoms with Gasteiger partial charge in [-0.2, -0.15) is 0 Å². The van der Waals surface area contributed by atoms with Crippen LogP contribution in [0.15, 0.2) is 48.0 Å².